The van der Waals surface area contributed by atoms with E-state index in [-0.39, 0.29) is 12.1 Å². The van der Waals surface area contributed by atoms with Gasteiger partial charge in [-0.2, -0.15) is 4.98 Å². The first-order chi connectivity index (χ1) is 11.2. The molecule has 3 atom stereocenters. The smallest absolute Gasteiger partial charge is 0.244 e. The van der Waals surface area contributed by atoms with Gasteiger partial charge in [0, 0.05) is 13.1 Å². The molecule has 5 nitrogen and oxygen atoms in total. The van der Waals surface area contributed by atoms with Gasteiger partial charge in [-0.15, -0.1) is 0 Å². The number of benzene rings is 1. The second kappa shape index (κ2) is 6.06. The van der Waals surface area contributed by atoms with Crippen LogP contribution in [0.5, 0.6) is 0 Å². The number of hydrogen-bond acceptors (Lipinski definition) is 5. The molecule has 122 valence electrons. The van der Waals surface area contributed by atoms with Gasteiger partial charge in [0.25, 0.3) is 0 Å². The molecule has 2 heterocycles. The van der Waals surface area contributed by atoms with Gasteiger partial charge in [-0.3, -0.25) is 4.90 Å². The second-order valence-corrected chi connectivity index (χ2v) is 6.92. The first-order valence-electron chi connectivity index (χ1n) is 8.48. The van der Waals surface area contributed by atoms with E-state index in [9.17, 15) is 5.11 Å². The van der Waals surface area contributed by atoms with Crippen LogP contribution in [0.15, 0.2) is 28.8 Å². The summed E-state index contributed by atoms with van der Waals surface area (Å²) in [4.78, 5) is 6.71. The maximum atomic E-state index is 10.1. The molecule has 0 amide bonds. The number of nitrogens with zero attached hydrogens (tertiary/aromatic N) is 3. The first-order valence-corrected chi connectivity index (χ1v) is 8.48. The van der Waals surface area contributed by atoms with E-state index in [1.54, 1.807) is 0 Å². The van der Waals surface area contributed by atoms with Crippen molar-refractivity contribution < 1.29 is 9.63 Å². The Morgan fingerprint density at radius 2 is 2.13 bits per heavy atom. The summed E-state index contributed by atoms with van der Waals surface area (Å²) in [5.41, 5.74) is 2.97. The van der Waals surface area contributed by atoms with Gasteiger partial charge in [-0.25, -0.2) is 0 Å². The fourth-order valence-corrected chi connectivity index (χ4v) is 4.05. The number of β-amino-alcohol motifs (C(OH)–C–C–N with tert-alkyl or cyclic N) is 1. The lowest BCUT2D eigenvalue weighted by atomic mass is 9.83. The molecule has 0 radical (unpaired) electrons. The normalized spacial score (nSPS) is 28.0. The van der Waals surface area contributed by atoms with Crippen LogP contribution in [-0.2, 0) is 12.8 Å². The molecule has 1 aromatic heterocycles. The minimum absolute atomic E-state index is 0.0587. The average Bonchev–Trinajstić information content (AvgIpc) is 3.13. The Morgan fingerprint density at radius 1 is 1.30 bits per heavy atom. The lowest BCUT2D eigenvalue weighted by Crippen LogP contribution is -2.33. The third-order valence-corrected chi connectivity index (χ3v) is 5.15. The van der Waals surface area contributed by atoms with Crippen molar-refractivity contribution in [2.24, 2.45) is 5.92 Å². The molecular weight excluding hydrogens is 290 g/mol. The van der Waals surface area contributed by atoms with Crippen LogP contribution in [0.3, 0.4) is 0 Å². The zero-order valence-electron chi connectivity index (χ0n) is 13.5. The standard InChI is InChI=1S/C18H23N3O2/c1-12-19-18(23-20-12)17-9-16(22)11-21(17)10-13-6-7-14-4-2-3-5-15(14)8-13/h2-5,13,16-17,22H,6-11H2,1H3/t13-,16-,17-/m1/s1. The first kappa shape index (κ1) is 14.8. The zero-order valence-corrected chi connectivity index (χ0v) is 13.5. The van der Waals surface area contributed by atoms with Crippen LogP contribution in [0.2, 0.25) is 0 Å². The highest BCUT2D eigenvalue weighted by Gasteiger charge is 2.37. The molecule has 0 spiro atoms. The molecule has 0 unspecified atom stereocenters. The molecule has 0 bridgehead atoms. The monoisotopic (exact) mass is 313 g/mol. The lowest BCUT2D eigenvalue weighted by Gasteiger charge is -2.30. The van der Waals surface area contributed by atoms with Crippen LogP contribution in [0.25, 0.3) is 0 Å². The molecule has 1 N–H and O–H groups in total. The summed E-state index contributed by atoms with van der Waals surface area (Å²) in [6.07, 6.45) is 3.87. The summed E-state index contributed by atoms with van der Waals surface area (Å²) < 4.78 is 5.36. The summed E-state index contributed by atoms with van der Waals surface area (Å²) in [5, 5.41) is 14.0. The molecule has 1 saturated heterocycles. The van der Waals surface area contributed by atoms with E-state index < -0.39 is 0 Å². The van der Waals surface area contributed by atoms with E-state index in [0.717, 1.165) is 19.4 Å². The van der Waals surface area contributed by atoms with Crippen LogP contribution < -0.4 is 0 Å². The Labute approximate surface area is 136 Å². The number of aliphatic hydroxyl groups excluding tert-OH is 1. The summed E-state index contributed by atoms with van der Waals surface area (Å²) in [6, 6.07) is 8.81. The molecule has 1 aliphatic carbocycles. The molecule has 23 heavy (non-hydrogen) atoms. The van der Waals surface area contributed by atoms with E-state index in [2.05, 4.69) is 39.3 Å². The summed E-state index contributed by atoms with van der Waals surface area (Å²) in [7, 11) is 0. The minimum atomic E-state index is -0.303. The van der Waals surface area contributed by atoms with Gasteiger partial charge in [-0.05, 0) is 49.7 Å². The van der Waals surface area contributed by atoms with Gasteiger partial charge in [-0.1, -0.05) is 29.4 Å². The summed E-state index contributed by atoms with van der Waals surface area (Å²) in [6.45, 7) is 3.52. The zero-order chi connectivity index (χ0) is 15.8. The largest absolute Gasteiger partial charge is 0.392 e. The summed E-state index contributed by atoms with van der Waals surface area (Å²) >= 11 is 0. The quantitative estimate of drug-likeness (QED) is 0.942. The van der Waals surface area contributed by atoms with Crippen molar-refractivity contribution in [3.8, 4) is 0 Å². The fourth-order valence-electron chi connectivity index (χ4n) is 4.05. The van der Waals surface area contributed by atoms with E-state index in [4.69, 9.17) is 4.52 Å². The number of rotatable bonds is 3. The Kier molecular flexibility index (Phi) is 3.91. The maximum absolute atomic E-state index is 10.1. The molecule has 2 aromatic rings. The van der Waals surface area contributed by atoms with Crippen molar-refractivity contribution in [1.82, 2.24) is 15.0 Å². The Balaban J connectivity index is 1.47. The van der Waals surface area contributed by atoms with E-state index in [0.29, 0.717) is 30.6 Å². The van der Waals surface area contributed by atoms with Crippen LogP contribution in [-0.4, -0.2) is 39.3 Å². The number of aromatic nitrogens is 2. The van der Waals surface area contributed by atoms with Crippen LogP contribution >= 0.6 is 0 Å². The Morgan fingerprint density at radius 3 is 2.91 bits per heavy atom. The highest BCUT2D eigenvalue weighted by Crippen LogP contribution is 2.34. The van der Waals surface area contributed by atoms with Crippen LogP contribution in [0.4, 0.5) is 0 Å². The van der Waals surface area contributed by atoms with E-state index in [1.165, 1.54) is 17.5 Å². The van der Waals surface area contributed by atoms with Crippen molar-refractivity contribution >= 4 is 0 Å². The highest BCUT2D eigenvalue weighted by molar-refractivity contribution is 5.29. The Hall–Kier alpha value is -1.72. The molecule has 1 aromatic carbocycles. The molecule has 1 aliphatic heterocycles. The average molecular weight is 313 g/mol. The van der Waals surface area contributed by atoms with Crippen molar-refractivity contribution in [1.29, 1.82) is 0 Å². The van der Waals surface area contributed by atoms with Crippen molar-refractivity contribution in [2.45, 2.75) is 44.8 Å². The van der Waals surface area contributed by atoms with Gasteiger partial charge in [0.05, 0.1) is 12.1 Å². The molecule has 0 saturated carbocycles. The van der Waals surface area contributed by atoms with Gasteiger partial charge >= 0.3 is 0 Å². The molecule has 4 rings (SSSR count). The lowest BCUT2D eigenvalue weighted by molar-refractivity contribution is 0.154. The van der Waals surface area contributed by atoms with Crippen molar-refractivity contribution in [3.63, 3.8) is 0 Å². The van der Waals surface area contributed by atoms with Crippen molar-refractivity contribution in [3.05, 3.63) is 47.1 Å². The van der Waals surface area contributed by atoms with E-state index in [1.807, 2.05) is 6.92 Å². The Bertz CT molecular complexity index is 684. The molecule has 2 aliphatic rings. The predicted molar refractivity (Wildman–Crippen MR) is 85.9 cm³/mol. The number of fused-ring (bicyclic) bond motifs is 1. The van der Waals surface area contributed by atoms with Crippen LogP contribution in [0, 0.1) is 12.8 Å². The maximum Gasteiger partial charge on any atom is 0.244 e. The third-order valence-electron chi connectivity index (χ3n) is 5.15. The summed E-state index contributed by atoms with van der Waals surface area (Å²) in [5.74, 6) is 1.94. The molecular formula is C18H23N3O2. The SMILES string of the molecule is Cc1noc([C@H]2C[C@@H](O)CN2C[C@@H]2CCc3ccccc3C2)n1. The number of aryl methyl sites for hydroxylation is 2. The second-order valence-electron chi connectivity index (χ2n) is 6.92. The predicted octanol–water partition coefficient (Wildman–Crippen LogP) is 2.29. The highest BCUT2D eigenvalue weighted by atomic mass is 16.5. The minimum Gasteiger partial charge on any atom is -0.392 e. The van der Waals surface area contributed by atoms with E-state index >= 15 is 0 Å². The fraction of sp³-hybridized carbons (Fsp3) is 0.556. The molecule has 1 fully saturated rings. The van der Waals surface area contributed by atoms with Gasteiger partial charge in [0.1, 0.15) is 0 Å². The number of hydrogen-bond donors (Lipinski definition) is 1. The third kappa shape index (κ3) is 3.03. The van der Waals surface area contributed by atoms with Crippen molar-refractivity contribution in [2.75, 3.05) is 13.1 Å². The number of aliphatic hydroxyl groups is 1. The van der Waals surface area contributed by atoms with Gasteiger partial charge in [0.2, 0.25) is 5.89 Å². The van der Waals surface area contributed by atoms with Crippen LogP contribution in [0.1, 0.15) is 41.7 Å². The van der Waals surface area contributed by atoms with Gasteiger partial charge < -0.3 is 9.63 Å². The number of likely N-dealkylation sites (tertiary alicyclic amines) is 1. The molecule has 5 heteroatoms. The van der Waals surface area contributed by atoms with Gasteiger partial charge in [0.15, 0.2) is 5.82 Å². The topological polar surface area (TPSA) is 62.4 Å².